The molecule has 0 amide bonds. The van der Waals surface area contributed by atoms with Crippen molar-refractivity contribution in [2.45, 2.75) is 77.7 Å². The van der Waals surface area contributed by atoms with Crippen molar-refractivity contribution in [3.63, 3.8) is 0 Å². The number of hydrogen-bond donors (Lipinski definition) is 1. The Morgan fingerprint density at radius 1 is 1.07 bits per heavy atom. The lowest BCUT2D eigenvalue weighted by molar-refractivity contribution is -0.120. The van der Waals surface area contributed by atoms with Crippen molar-refractivity contribution in [3.05, 3.63) is 0 Å². The van der Waals surface area contributed by atoms with Gasteiger partial charge in [0.2, 0.25) is 0 Å². The van der Waals surface area contributed by atoms with Gasteiger partial charge in [-0.05, 0) is 20.3 Å². The summed E-state index contributed by atoms with van der Waals surface area (Å²) < 4.78 is 0. The fourth-order valence-corrected chi connectivity index (χ4v) is 1.70. The first-order valence-electron chi connectivity index (χ1n) is 6.26. The maximum Gasteiger partial charge on any atom is 0.134 e. The average Bonchev–Trinajstić information content (AvgIpc) is 2.08. The minimum absolute atomic E-state index is 0.318. The van der Waals surface area contributed by atoms with Gasteiger partial charge in [0.1, 0.15) is 5.78 Å². The van der Waals surface area contributed by atoms with E-state index >= 15 is 0 Å². The van der Waals surface area contributed by atoms with Gasteiger partial charge < -0.3 is 5.73 Å². The average molecular weight is 213 g/mol. The van der Waals surface area contributed by atoms with Gasteiger partial charge in [-0.15, -0.1) is 0 Å². The fraction of sp³-hybridized carbons (Fsp3) is 0.923. The third kappa shape index (κ3) is 11.6. The van der Waals surface area contributed by atoms with Gasteiger partial charge in [-0.25, -0.2) is 0 Å². The number of carbonyl (C=O) groups is 1. The maximum absolute atomic E-state index is 11.5. The molecule has 0 saturated heterocycles. The summed E-state index contributed by atoms with van der Waals surface area (Å²) in [6.45, 7) is 6.03. The van der Waals surface area contributed by atoms with Crippen LogP contribution in [0.3, 0.4) is 0 Å². The minimum atomic E-state index is -0.334. The van der Waals surface area contributed by atoms with Crippen molar-refractivity contribution in [2.75, 3.05) is 0 Å². The number of carbonyl (C=O) groups excluding carboxylic acids is 1. The van der Waals surface area contributed by atoms with Crippen molar-refractivity contribution in [2.24, 2.45) is 5.73 Å². The molecule has 0 aromatic rings. The van der Waals surface area contributed by atoms with E-state index in [1.807, 2.05) is 13.8 Å². The molecule has 2 N–H and O–H groups in total. The molecule has 0 atom stereocenters. The van der Waals surface area contributed by atoms with Crippen LogP contribution >= 0.6 is 0 Å². The summed E-state index contributed by atoms with van der Waals surface area (Å²) in [5, 5.41) is 0. The number of Topliss-reactive ketones (excluding diaryl/α,β-unsaturated/α-hetero) is 1. The molecule has 15 heavy (non-hydrogen) atoms. The Hall–Kier alpha value is -0.370. The van der Waals surface area contributed by atoms with Crippen molar-refractivity contribution in [3.8, 4) is 0 Å². The van der Waals surface area contributed by atoms with Gasteiger partial charge in [0, 0.05) is 18.4 Å². The first kappa shape index (κ1) is 14.6. The number of ketones is 1. The van der Waals surface area contributed by atoms with Gasteiger partial charge in [-0.1, -0.05) is 39.0 Å². The molecule has 90 valence electrons. The molecular weight excluding hydrogens is 186 g/mol. The molecule has 0 aliphatic carbocycles. The molecule has 0 aromatic heterocycles. The zero-order valence-electron chi connectivity index (χ0n) is 10.6. The zero-order valence-corrected chi connectivity index (χ0v) is 10.6. The summed E-state index contributed by atoms with van der Waals surface area (Å²) in [6.07, 6.45) is 8.65. The van der Waals surface area contributed by atoms with Crippen molar-refractivity contribution < 1.29 is 4.79 Å². The van der Waals surface area contributed by atoms with Crippen LogP contribution in [0.15, 0.2) is 0 Å². The van der Waals surface area contributed by atoms with E-state index in [2.05, 4.69) is 6.92 Å². The van der Waals surface area contributed by atoms with E-state index in [1.165, 1.54) is 32.1 Å². The predicted molar refractivity (Wildman–Crippen MR) is 65.9 cm³/mol. The zero-order chi connectivity index (χ0) is 11.7. The van der Waals surface area contributed by atoms with Crippen LogP contribution in [0.4, 0.5) is 0 Å². The van der Waals surface area contributed by atoms with Crippen LogP contribution < -0.4 is 5.73 Å². The van der Waals surface area contributed by atoms with Crippen molar-refractivity contribution >= 4 is 5.78 Å². The van der Waals surface area contributed by atoms with E-state index in [0.29, 0.717) is 18.6 Å². The molecule has 2 nitrogen and oxygen atoms in total. The lowest BCUT2D eigenvalue weighted by Crippen LogP contribution is -2.34. The normalized spacial score (nSPS) is 11.7. The molecule has 0 rings (SSSR count). The molecule has 0 bridgehead atoms. The van der Waals surface area contributed by atoms with Gasteiger partial charge >= 0.3 is 0 Å². The first-order valence-corrected chi connectivity index (χ1v) is 6.26. The molecule has 0 aliphatic rings. The molecule has 2 heteroatoms. The standard InChI is InChI=1S/C13H27NO/c1-4-5-6-7-8-9-10-12(15)11-13(2,3)14/h4-11,14H2,1-3H3. The van der Waals surface area contributed by atoms with Crippen LogP contribution in [0, 0.1) is 0 Å². The Morgan fingerprint density at radius 2 is 1.60 bits per heavy atom. The van der Waals surface area contributed by atoms with Crippen molar-refractivity contribution in [1.82, 2.24) is 0 Å². The number of nitrogens with two attached hydrogens (primary N) is 1. The fourth-order valence-electron chi connectivity index (χ4n) is 1.70. The first-order chi connectivity index (χ1) is 6.95. The third-order valence-electron chi connectivity index (χ3n) is 2.46. The summed E-state index contributed by atoms with van der Waals surface area (Å²) in [4.78, 5) is 11.5. The van der Waals surface area contributed by atoms with Crippen LogP contribution in [0.2, 0.25) is 0 Å². The Kier molecular flexibility index (Phi) is 7.67. The minimum Gasteiger partial charge on any atom is -0.325 e. The Bertz CT molecular complexity index is 170. The second kappa shape index (κ2) is 7.86. The molecule has 0 aliphatic heterocycles. The summed E-state index contributed by atoms with van der Waals surface area (Å²) in [7, 11) is 0. The topological polar surface area (TPSA) is 43.1 Å². The van der Waals surface area contributed by atoms with Crippen LogP contribution in [-0.2, 0) is 4.79 Å². The Labute approximate surface area is 94.6 Å². The SMILES string of the molecule is CCCCCCCCC(=O)CC(C)(C)N. The lowest BCUT2D eigenvalue weighted by atomic mass is 9.96. The largest absolute Gasteiger partial charge is 0.325 e. The molecule has 0 heterocycles. The summed E-state index contributed by atoms with van der Waals surface area (Å²) >= 11 is 0. The van der Waals surface area contributed by atoms with Gasteiger partial charge in [0.25, 0.3) is 0 Å². The smallest absolute Gasteiger partial charge is 0.134 e. The highest BCUT2D eigenvalue weighted by atomic mass is 16.1. The molecule has 0 spiro atoms. The molecule has 0 fully saturated rings. The number of hydrogen-bond acceptors (Lipinski definition) is 2. The number of rotatable bonds is 9. The third-order valence-corrected chi connectivity index (χ3v) is 2.46. The predicted octanol–water partition coefficient (Wildman–Crippen LogP) is 3.43. The van der Waals surface area contributed by atoms with Crippen LogP contribution in [0.1, 0.15) is 72.1 Å². The van der Waals surface area contributed by atoms with Crippen molar-refractivity contribution in [1.29, 1.82) is 0 Å². The maximum atomic E-state index is 11.5. The number of unbranched alkanes of at least 4 members (excludes halogenated alkanes) is 5. The van der Waals surface area contributed by atoms with Gasteiger partial charge in [-0.3, -0.25) is 4.79 Å². The van der Waals surface area contributed by atoms with E-state index in [0.717, 1.165) is 6.42 Å². The van der Waals surface area contributed by atoms with E-state index in [-0.39, 0.29) is 5.54 Å². The summed E-state index contributed by atoms with van der Waals surface area (Å²) in [6, 6.07) is 0. The van der Waals surface area contributed by atoms with Crippen LogP contribution in [0.25, 0.3) is 0 Å². The van der Waals surface area contributed by atoms with E-state index in [1.54, 1.807) is 0 Å². The Morgan fingerprint density at radius 3 is 2.13 bits per heavy atom. The molecule has 0 aromatic carbocycles. The second-order valence-electron chi connectivity index (χ2n) is 5.22. The highest BCUT2D eigenvalue weighted by Gasteiger charge is 2.15. The van der Waals surface area contributed by atoms with E-state index in [9.17, 15) is 4.79 Å². The molecule has 0 saturated carbocycles. The monoisotopic (exact) mass is 213 g/mol. The highest BCUT2D eigenvalue weighted by molar-refractivity contribution is 5.79. The van der Waals surface area contributed by atoms with E-state index < -0.39 is 0 Å². The Balaban J connectivity index is 3.32. The lowest BCUT2D eigenvalue weighted by Gasteiger charge is -2.16. The van der Waals surface area contributed by atoms with E-state index in [4.69, 9.17) is 5.73 Å². The quantitative estimate of drug-likeness (QED) is 0.596. The van der Waals surface area contributed by atoms with Crippen LogP contribution in [-0.4, -0.2) is 11.3 Å². The highest BCUT2D eigenvalue weighted by Crippen LogP contribution is 2.11. The molecule has 0 unspecified atom stereocenters. The van der Waals surface area contributed by atoms with Gasteiger partial charge in [0.15, 0.2) is 0 Å². The summed E-state index contributed by atoms with van der Waals surface area (Å²) in [5.41, 5.74) is 5.45. The summed E-state index contributed by atoms with van der Waals surface area (Å²) in [5.74, 6) is 0.318. The second-order valence-corrected chi connectivity index (χ2v) is 5.22. The van der Waals surface area contributed by atoms with Crippen LogP contribution in [0.5, 0.6) is 0 Å². The van der Waals surface area contributed by atoms with Gasteiger partial charge in [0.05, 0.1) is 0 Å². The molecule has 0 radical (unpaired) electrons. The molecular formula is C13H27NO. The van der Waals surface area contributed by atoms with Gasteiger partial charge in [-0.2, -0.15) is 0 Å².